The van der Waals surface area contributed by atoms with Gasteiger partial charge in [-0.2, -0.15) is 0 Å². The molecule has 0 spiro atoms. The number of benzene rings is 2. The number of aliphatic imine (C=N–C) groups is 1. The molecule has 4 rings (SSSR count). The molecule has 0 atom stereocenters. The summed E-state index contributed by atoms with van der Waals surface area (Å²) in [6.45, 7) is 0. The molecule has 1 amide bonds. The summed E-state index contributed by atoms with van der Waals surface area (Å²) in [5.74, 6) is 1.10. The lowest BCUT2D eigenvalue weighted by molar-refractivity contribution is -0.115. The number of nitrogens with zero attached hydrogens (tertiary/aromatic N) is 1. The third-order valence-electron chi connectivity index (χ3n) is 3.77. The number of phenols is 1. The Morgan fingerprint density at radius 2 is 1.85 bits per heavy atom. The van der Waals surface area contributed by atoms with Gasteiger partial charge in [0.1, 0.15) is 17.3 Å². The monoisotopic (exact) mass is 396 g/mol. The summed E-state index contributed by atoms with van der Waals surface area (Å²) in [4.78, 5) is 17.0. The Kier molecular flexibility index (Phi) is 4.75. The van der Waals surface area contributed by atoms with E-state index in [-0.39, 0.29) is 11.7 Å². The highest BCUT2D eigenvalue weighted by Crippen LogP contribution is 2.32. The van der Waals surface area contributed by atoms with Crippen molar-refractivity contribution < 1.29 is 14.3 Å². The highest BCUT2D eigenvalue weighted by atomic mass is 35.5. The number of amidine groups is 1. The van der Waals surface area contributed by atoms with Gasteiger partial charge in [-0.1, -0.05) is 23.7 Å². The minimum absolute atomic E-state index is 0.162. The number of rotatable bonds is 3. The number of thioether (sulfide) groups is 1. The van der Waals surface area contributed by atoms with Gasteiger partial charge in [0, 0.05) is 11.6 Å². The highest BCUT2D eigenvalue weighted by Gasteiger charge is 2.24. The number of halogens is 1. The quantitative estimate of drug-likeness (QED) is 0.597. The molecule has 2 aromatic carbocycles. The molecule has 27 heavy (non-hydrogen) atoms. The number of nitrogens with one attached hydrogen (secondary N) is 1. The second-order valence-electron chi connectivity index (χ2n) is 5.68. The zero-order chi connectivity index (χ0) is 18.8. The van der Waals surface area contributed by atoms with Gasteiger partial charge >= 0.3 is 0 Å². The van der Waals surface area contributed by atoms with Gasteiger partial charge in [-0.15, -0.1) is 0 Å². The first kappa shape index (κ1) is 17.5. The predicted molar refractivity (Wildman–Crippen MR) is 108 cm³/mol. The number of hydrogen-bond donors (Lipinski definition) is 2. The van der Waals surface area contributed by atoms with Crippen LogP contribution >= 0.6 is 23.4 Å². The van der Waals surface area contributed by atoms with Crippen molar-refractivity contribution in [2.24, 2.45) is 4.99 Å². The van der Waals surface area contributed by atoms with Crippen LogP contribution in [-0.2, 0) is 4.79 Å². The first-order chi connectivity index (χ1) is 13.1. The summed E-state index contributed by atoms with van der Waals surface area (Å²) < 4.78 is 5.81. The second-order valence-corrected chi connectivity index (χ2v) is 7.12. The van der Waals surface area contributed by atoms with Gasteiger partial charge in [-0.25, -0.2) is 4.99 Å². The molecule has 0 aliphatic carbocycles. The van der Waals surface area contributed by atoms with Crippen molar-refractivity contribution in [3.63, 3.8) is 0 Å². The van der Waals surface area contributed by atoms with E-state index in [9.17, 15) is 9.90 Å². The molecular formula is C20H13ClN2O3S. The molecule has 3 aromatic rings. The maximum Gasteiger partial charge on any atom is 0.264 e. The minimum Gasteiger partial charge on any atom is -0.508 e. The lowest BCUT2D eigenvalue weighted by atomic mass is 10.2. The number of amides is 1. The molecule has 1 saturated heterocycles. The fourth-order valence-electron chi connectivity index (χ4n) is 2.49. The summed E-state index contributed by atoms with van der Waals surface area (Å²) in [6, 6.07) is 17.4. The largest absolute Gasteiger partial charge is 0.508 e. The normalized spacial score (nSPS) is 16.9. The summed E-state index contributed by atoms with van der Waals surface area (Å²) in [7, 11) is 0. The third-order valence-corrected chi connectivity index (χ3v) is 5.01. The standard InChI is InChI=1S/C20H13ClN2O3S/c21-16-4-2-1-3-15(16)17-10-9-14(26-17)11-18-19(25)23-20(27-18)22-12-5-7-13(24)8-6-12/h1-11,24H,(H,22,23,25)/b18-11+. The molecule has 0 radical (unpaired) electrons. The fourth-order valence-corrected chi connectivity index (χ4v) is 3.54. The predicted octanol–water partition coefficient (Wildman–Crippen LogP) is 5.20. The minimum atomic E-state index is -0.242. The topological polar surface area (TPSA) is 74.8 Å². The average Bonchev–Trinajstić information content (AvgIpc) is 3.25. The van der Waals surface area contributed by atoms with E-state index >= 15 is 0 Å². The van der Waals surface area contributed by atoms with E-state index < -0.39 is 0 Å². The molecule has 5 nitrogen and oxygen atoms in total. The van der Waals surface area contributed by atoms with E-state index in [1.807, 2.05) is 24.3 Å². The number of phenolic OH excluding ortho intramolecular Hbond substituents is 1. The Morgan fingerprint density at radius 1 is 1.07 bits per heavy atom. The van der Waals surface area contributed by atoms with Crippen molar-refractivity contribution >= 4 is 46.2 Å². The Labute approximate surface area is 164 Å². The average molecular weight is 397 g/mol. The van der Waals surface area contributed by atoms with Crippen LogP contribution in [0.5, 0.6) is 5.75 Å². The summed E-state index contributed by atoms with van der Waals surface area (Å²) >= 11 is 7.42. The van der Waals surface area contributed by atoms with E-state index in [2.05, 4.69) is 10.3 Å². The molecule has 7 heteroatoms. The van der Waals surface area contributed by atoms with Gasteiger partial charge < -0.3 is 14.8 Å². The van der Waals surface area contributed by atoms with Gasteiger partial charge in [0.2, 0.25) is 0 Å². The van der Waals surface area contributed by atoms with Crippen LogP contribution in [0.25, 0.3) is 17.4 Å². The van der Waals surface area contributed by atoms with Crippen molar-refractivity contribution in [2.45, 2.75) is 0 Å². The Bertz CT molecular complexity index is 1070. The van der Waals surface area contributed by atoms with Crippen LogP contribution in [0.4, 0.5) is 5.69 Å². The van der Waals surface area contributed by atoms with Crippen molar-refractivity contribution in [1.29, 1.82) is 0 Å². The third kappa shape index (κ3) is 3.92. The van der Waals surface area contributed by atoms with Gasteiger partial charge in [0.25, 0.3) is 5.91 Å². The summed E-state index contributed by atoms with van der Waals surface area (Å²) in [5, 5.41) is 13.1. The first-order valence-corrected chi connectivity index (χ1v) is 9.21. The van der Waals surface area contributed by atoms with Gasteiger partial charge in [0.15, 0.2) is 5.17 Å². The van der Waals surface area contributed by atoms with E-state index in [0.29, 0.717) is 32.3 Å². The van der Waals surface area contributed by atoms with Crippen LogP contribution in [0.1, 0.15) is 5.76 Å². The highest BCUT2D eigenvalue weighted by molar-refractivity contribution is 8.18. The molecule has 0 saturated carbocycles. The lowest BCUT2D eigenvalue weighted by Gasteiger charge is -1.99. The molecule has 1 aromatic heterocycles. The van der Waals surface area contributed by atoms with Gasteiger partial charge in [-0.05, 0) is 60.3 Å². The second kappa shape index (κ2) is 7.34. The SMILES string of the molecule is O=C1NC(=Nc2ccc(O)cc2)S/C1=C/c1ccc(-c2ccccc2Cl)o1. The molecule has 2 heterocycles. The number of furan rings is 1. The number of hydrogen-bond acceptors (Lipinski definition) is 5. The molecule has 134 valence electrons. The smallest absolute Gasteiger partial charge is 0.264 e. The number of carbonyl (C=O) groups is 1. The van der Waals surface area contributed by atoms with Crippen molar-refractivity contribution in [2.75, 3.05) is 0 Å². The van der Waals surface area contributed by atoms with Crippen LogP contribution in [-0.4, -0.2) is 16.2 Å². The molecule has 0 unspecified atom stereocenters. The lowest BCUT2D eigenvalue weighted by Crippen LogP contribution is -2.19. The molecule has 0 bridgehead atoms. The van der Waals surface area contributed by atoms with E-state index in [0.717, 1.165) is 5.56 Å². The van der Waals surface area contributed by atoms with E-state index in [1.54, 1.807) is 30.3 Å². The van der Waals surface area contributed by atoms with Crippen LogP contribution < -0.4 is 5.32 Å². The van der Waals surface area contributed by atoms with Crippen LogP contribution in [0.15, 0.2) is 75.0 Å². The van der Waals surface area contributed by atoms with Crippen molar-refractivity contribution in [1.82, 2.24) is 5.32 Å². The molecule has 1 aliphatic rings. The first-order valence-electron chi connectivity index (χ1n) is 8.02. The maximum atomic E-state index is 12.2. The molecular weight excluding hydrogens is 384 g/mol. The van der Waals surface area contributed by atoms with E-state index in [1.165, 1.54) is 23.9 Å². The zero-order valence-electron chi connectivity index (χ0n) is 13.8. The van der Waals surface area contributed by atoms with Gasteiger partial charge in [0.05, 0.1) is 15.6 Å². The van der Waals surface area contributed by atoms with Crippen LogP contribution in [0, 0.1) is 0 Å². The number of aromatic hydroxyl groups is 1. The Hall–Kier alpha value is -2.96. The summed E-state index contributed by atoms with van der Waals surface area (Å²) in [6.07, 6.45) is 1.67. The molecule has 1 fully saturated rings. The number of carbonyl (C=O) groups excluding carboxylic acids is 1. The maximum absolute atomic E-state index is 12.2. The molecule has 2 N–H and O–H groups in total. The van der Waals surface area contributed by atoms with Crippen molar-refractivity contribution in [3.8, 4) is 17.1 Å². The van der Waals surface area contributed by atoms with Crippen LogP contribution in [0.2, 0.25) is 5.02 Å². The fraction of sp³-hybridized carbons (Fsp3) is 0. The zero-order valence-corrected chi connectivity index (χ0v) is 15.4. The Morgan fingerprint density at radius 3 is 2.63 bits per heavy atom. The van der Waals surface area contributed by atoms with E-state index in [4.69, 9.17) is 16.0 Å². The van der Waals surface area contributed by atoms with Gasteiger partial charge in [-0.3, -0.25) is 4.79 Å². The summed E-state index contributed by atoms with van der Waals surface area (Å²) in [5.41, 5.74) is 1.43. The van der Waals surface area contributed by atoms with Crippen molar-refractivity contribution in [3.05, 3.63) is 76.4 Å². The van der Waals surface area contributed by atoms with Crippen LogP contribution in [0.3, 0.4) is 0 Å². The molecule has 1 aliphatic heterocycles. The Balaban J connectivity index is 1.55.